The first-order valence-corrected chi connectivity index (χ1v) is 11.0. The maximum Gasteiger partial charge on any atom is 0.164 e. The van der Waals surface area contributed by atoms with Crippen LogP contribution in [0, 0.1) is 34.5 Å². The number of fused-ring (bicyclic) bond motifs is 5. The number of ether oxygens (including phenoxy) is 2. The third kappa shape index (κ3) is 2.19. The van der Waals surface area contributed by atoms with Crippen molar-refractivity contribution in [3.05, 3.63) is 28.8 Å². The van der Waals surface area contributed by atoms with E-state index in [-0.39, 0.29) is 29.0 Å². The third-order valence-corrected chi connectivity index (χ3v) is 8.94. The summed E-state index contributed by atoms with van der Waals surface area (Å²) in [5.41, 5.74) is 11.0. The number of nitrogens with one attached hydrogen (secondary N) is 1. The number of aliphatic hydroxyl groups is 1. The Labute approximate surface area is 177 Å². The number of allylic oxidation sites excluding steroid dienone is 1. The van der Waals surface area contributed by atoms with Crippen LogP contribution in [0.25, 0.3) is 5.53 Å². The highest BCUT2D eigenvalue weighted by Crippen LogP contribution is 2.72. The highest BCUT2D eigenvalue weighted by molar-refractivity contribution is 5.95. The van der Waals surface area contributed by atoms with E-state index in [1.807, 2.05) is 32.9 Å². The first-order chi connectivity index (χ1) is 13.9. The highest BCUT2D eigenvalue weighted by Gasteiger charge is 2.75. The summed E-state index contributed by atoms with van der Waals surface area (Å²) < 4.78 is 12.3. The Morgan fingerprint density at radius 2 is 2.00 bits per heavy atom. The fourth-order valence-corrected chi connectivity index (χ4v) is 7.42. The summed E-state index contributed by atoms with van der Waals surface area (Å²) in [6.07, 6.45) is 4.09. The van der Waals surface area contributed by atoms with E-state index in [0.717, 1.165) is 17.6 Å². The third-order valence-electron chi connectivity index (χ3n) is 8.94. The zero-order chi connectivity index (χ0) is 21.9. The Morgan fingerprint density at radius 1 is 1.30 bits per heavy atom. The van der Waals surface area contributed by atoms with Crippen LogP contribution in [0.2, 0.25) is 0 Å². The molecule has 2 bridgehead atoms. The van der Waals surface area contributed by atoms with Gasteiger partial charge in [0.05, 0.1) is 12.0 Å². The SMILES string of the molecule is CC1=C[C@]23C(=O)[C@@H](C=C4COC(C)(C)O[C@H]4[C@]2(O)[C@H]1NN=[N-])[C@H]1[C@@H](C[C@H]3C)C1(C)C. The number of hydrogen-bond acceptors (Lipinski definition) is 5. The number of carbonyl (C=O) groups is 1. The van der Waals surface area contributed by atoms with Gasteiger partial charge < -0.3 is 25.5 Å². The van der Waals surface area contributed by atoms with Crippen LogP contribution in [0.15, 0.2) is 28.5 Å². The molecule has 0 aromatic heterocycles. The largest absolute Gasteiger partial charge is 0.404 e. The topological polar surface area (TPSA) is 102 Å². The second kappa shape index (κ2) is 5.81. The van der Waals surface area contributed by atoms with E-state index < -0.39 is 28.9 Å². The fraction of sp³-hybridized carbons (Fsp3) is 0.783. The lowest BCUT2D eigenvalue weighted by atomic mass is 9.58. The highest BCUT2D eigenvalue weighted by atomic mass is 16.7. The Morgan fingerprint density at radius 3 is 2.67 bits per heavy atom. The summed E-state index contributed by atoms with van der Waals surface area (Å²) in [4.78, 5) is 14.3. The molecule has 164 valence electrons. The zero-order valence-electron chi connectivity index (χ0n) is 18.6. The van der Waals surface area contributed by atoms with Crippen molar-refractivity contribution < 1.29 is 19.4 Å². The fourth-order valence-electron chi connectivity index (χ4n) is 7.42. The molecule has 7 heteroatoms. The first-order valence-electron chi connectivity index (χ1n) is 11.0. The Bertz CT molecular complexity index is 893. The van der Waals surface area contributed by atoms with Gasteiger partial charge in [0.1, 0.15) is 11.7 Å². The monoisotopic (exact) mass is 414 g/mol. The van der Waals surface area contributed by atoms with Crippen LogP contribution in [0.5, 0.6) is 0 Å². The van der Waals surface area contributed by atoms with Crippen molar-refractivity contribution >= 4 is 5.78 Å². The quantitative estimate of drug-likeness (QED) is 0.410. The van der Waals surface area contributed by atoms with Gasteiger partial charge in [-0.05, 0) is 55.9 Å². The van der Waals surface area contributed by atoms with E-state index in [4.69, 9.17) is 9.47 Å². The van der Waals surface area contributed by atoms with Gasteiger partial charge in [-0.3, -0.25) is 10.0 Å². The molecule has 1 aliphatic heterocycles. The second-order valence-corrected chi connectivity index (χ2v) is 11.2. The smallest absolute Gasteiger partial charge is 0.164 e. The summed E-state index contributed by atoms with van der Waals surface area (Å²) in [5.74, 6) is -0.538. The molecule has 5 aliphatic rings. The Kier molecular flexibility index (Phi) is 3.94. The molecule has 1 saturated heterocycles. The molecule has 3 fully saturated rings. The van der Waals surface area contributed by atoms with Gasteiger partial charge in [-0.15, -0.1) is 0 Å². The second-order valence-electron chi connectivity index (χ2n) is 11.2. The molecular formula is C23H32N3O4-. The van der Waals surface area contributed by atoms with Gasteiger partial charge in [0.2, 0.25) is 0 Å². The van der Waals surface area contributed by atoms with Gasteiger partial charge in [0.15, 0.2) is 11.6 Å². The van der Waals surface area contributed by atoms with Crippen LogP contribution < -0.4 is 5.43 Å². The molecule has 2 saturated carbocycles. The van der Waals surface area contributed by atoms with Crippen LogP contribution in [0.4, 0.5) is 0 Å². The van der Waals surface area contributed by atoms with E-state index in [0.29, 0.717) is 12.5 Å². The molecule has 0 amide bonds. The lowest BCUT2D eigenvalue weighted by molar-refractivity contribution is -0.295. The molecule has 7 nitrogen and oxygen atoms in total. The van der Waals surface area contributed by atoms with Crippen molar-refractivity contribution in [2.75, 3.05) is 6.61 Å². The van der Waals surface area contributed by atoms with Gasteiger partial charge in [0, 0.05) is 12.0 Å². The van der Waals surface area contributed by atoms with Crippen molar-refractivity contribution in [3.63, 3.8) is 0 Å². The standard InChI is InChI=1S/C23H32N3O4/c1-11-9-22-12(2)7-15-16(20(15,3)4)14(18(22)27)8-13-10-29-21(5,6)30-19(13)23(22,28)17(11)25-26-24/h8-9,12,14-17,19,28H,7,10H2,1-6H3,(H-,24,25)/q-1/t12-,14+,15-,16+,17+,19-,22+,23-/m1/s1. The minimum absolute atomic E-state index is 0.0560. The molecule has 2 N–H and O–H groups in total. The zero-order valence-corrected chi connectivity index (χ0v) is 18.6. The van der Waals surface area contributed by atoms with Crippen LogP contribution >= 0.6 is 0 Å². The summed E-state index contributed by atoms with van der Waals surface area (Å²) in [6.45, 7) is 12.4. The molecule has 0 aromatic rings. The van der Waals surface area contributed by atoms with Crippen molar-refractivity contribution in [2.24, 2.45) is 39.7 Å². The van der Waals surface area contributed by atoms with E-state index in [1.165, 1.54) is 0 Å². The van der Waals surface area contributed by atoms with Crippen molar-refractivity contribution in [1.82, 2.24) is 5.43 Å². The lowest BCUT2D eigenvalue weighted by Crippen LogP contribution is -2.69. The molecular weight excluding hydrogens is 382 g/mol. The van der Waals surface area contributed by atoms with Gasteiger partial charge in [-0.2, -0.15) is 0 Å². The molecule has 0 unspecified atom stereocenters. The maximum atomic E-state index is 14.3. The molecule has 8 atom stereocenters. The van der Waals surface area contributed by atoms with Gasteiger partial charge >= 0.3 is 0 Å². The molecule has 0 radical (unpaired) electrons. The molecule has 30 heavy (non-hydrogen) atoms. The molecule has 4 aliphatic carbocycles. The average molecular weight is 415 g/mol. The normalized spacial score (nSPS) is 50.0. The number of carbonyl (C=O) groups excluding carboxylic acids is 1. The summed E-state index contributed by atoms with van der Waals surface area (Å²) >= 11 is 0. The van der Waals surface area contributed by atoms with E-state index in [2.05, 4.69) is 31.4 Å². The lowest BCUT2D eigenvalue weighted by Gasteiger charge is -2.54. The van der Waals surface area contributed by atoms with Crippen LogP contribution in [-0.4, -0.2) is 41.0 Å². The maximum absolute atomic E-state index is 14.3. The molecule has 0 aromatic carbocycles. The molecule has 1 heterocycles. The summed E-state index contributed by atoms with van der Waals surface area (Å²) in [7, 11) is 0. The predicted molar refractivity (Wildman–Crippen MR) is 110 cm³/mol. The van der Waals surface area contributed by atoms with E-state index >= 15 is 0 Å². The Hall–Kier alpha value is -1.57. The molecule has 1 spiro atoms. The van der Waals surface area contributed by atoms with Crippen molar-refractivity contribution in [2.45, 2.75) is 71.5 Å². The molecule has 5 rings (SSSR count). The minimum Gasteiger partial charge on any atom is -0.404 e. The summed E-state index contributed by atoms with van der Waals surface area (Å²) in [6, 6.07) is -0.739. The number of Topliss-reactive ketones (excluding diaryl/α,β-unsaturated/α-hetero) is 1. The van der Waals surface area contributed by atoms with Crippen LogP contribution in [-0.2, 0) is 14.3 Å². The van der Waals surface area contributed by atoms with Gasteiger partial charge in [0.25, 0.3) is 0 Å². The van der Waals surface area contributed by atoms with Gasteiger partial charge in [-0.1, -0.05) is 38.5 Å². The predicted octanol–water partition coefficient (Wildman–Crippen LogP) is 3.15. The van der Waals surface area contributed by atoms with E-state index in [1.54, 1.807) is 0 Å². The first kappa shape index (κ1) is 20.3. The van der Waals surface area contributed by atoms with E-state index in [9.17, 15) is 15.4 Å². The van der Waals surface area contributed by atoms with Crippen molar-refractivity contribution in [3.8, 4) is 0 Å². The number of ketones is 1. The number of nitrogens with zero attached hydrogens (tertiary/aromatic N) is 2. The van der Waals surface area contributed by atoms with Crippen LogP contribution in [0.1, 0.15) is 48.0 Å². The summed E-state index contributed by atoms with van der Waals surface area (Å²) in [5, 5.41) is 15.7. The minimum atomic E-state index is -1.62. The van der Waals surface area contributed by atoms with Crippen LogP contribution in [0.3, 0.4) is 0 Å². The van der Waals surface area contributed by atoms with Gasteiger partial charge in [-0.25, -0.2) is 0 Å². The number of hydrogen-bond donors (Lipinski definition) is 2. The average Bonchev–Trinajstić information content (AvgIpc) is 3.14. The number of rotatable bonds is 2. The Balaban J connectivity index is 1.77. The van der Waals surface area contributed by atoms with Crippen molar-refractivity contribution in [1.29, 1.82) is 0 Å².